The number of rotatable bonds is 4. The third kappa shape index (κ3) is 5.19. The average molecular weight is 303 g/mol. The van der Waals surface area contributed by atoms with Gasteiger partial charge in [-0.15, -0.1) is 0 Å². The van der Waals surface area contributed by atoms with Crippen molar-refractivity contribution in [3.05, 3.63) is 23.8 Å². The second-order valence-electron chi connectivity index (χ2n) is 3.54. The Hall–Kier alpha value is -2.21. The molecule has 0 atom stereocenters. The molecule has 0 unspecified atom stereocenters. The number of nitrogens with one attached hydrogen (secondary N) is 1. The van der Waals surface area contributed by atoms with Gasteiger partial charge in [0.2, 0.25) is 11.8 Å². The summed E-state index contributed by atoms with van der Waals surface area (Å²) in [5.41, 5.74) is 0.264. The highest BCUT2D eigenvalue weighted by Crippen LogP contribution is 2.38. The number of hydrogen-bond donors (Lipinski definition) is 2. The predicted octanol–water partition coefficient (Wildman–Crippen LogP) is 2.25. The summed E-state index contributed by atoms with van der Waals surface area (Å²) in [6, 6.07) is 4.74. The molecule has 2 amide bonds. The number of anilines is 1. The lowest BCUT2D eigenvalue weighted by Gasteiger charge is -2.10. The van der Waals surface area contributed by atoms with Gasteiger partial charge < -0.3 is 11.1 Å². The number of thioether (sulfide) groups is 1. The summed E-state index contributed by atoms with van der Waals surface area (Å²) in [4.78, 5) is 22.0. The molecule has 0 radical (unpaired) electrons. The van der Waals surface area contributed by atoms with Crippen LogP contribution in [0.2, 0.25) is 0 Å². The molecule has 5 nitrogen and oxygen atoms in total. The molecule has 20 heavy (non-hydrogen) atoms. The van der Waals surface area contributed by atoms with Crippen LogP contribution in [0.25, 0.3) is 0 Å². The molecule has 3 N–H and O–H groups in total. The van der Waals surface area contributed by atoms with Crippen LogP contribution in [0.15, 0.2) is 23.1 Å². The molecule has 0 aliphatic heterocycles. The van der Waals surface area contributed by atoms with Gasteiger partial charge in [-0.05, 0) is 30.0 Å². The summed E-state index contributed by atoms with van der Waals surface area (Å²) in [6.07, 6.45) is -0.456. The number of benzene rings is 1. The van der Waals surface area contributed by atoms with Gasteiger partial charge in [0.05, 0.1) is 6.07 Å². The number of nitriles is 1. The van der Waals surface area contributed by atoms with E-state index >= 15 is 0 Å². The summed E-state index contributed by atoms with van der Waals surface area (Å²) >= 11 is -0.437. The molecule has 1 aromatic carbocycles. The molecule has 0 saturated carbocycles. The van der Waals surface area contributed by atoms with Crippen LogP contribution < -0.4 is 11.1 Å². The maximum atomic E-state index is 12.3. The van der Waals surface area contributed by atoms with Gasteiger partial charge in [-0.3, -0.25) is 9.59 Å². The molecule has 0 fully saturated rings. The number of hydrogen-bond acceptors (Lipinski definition) is 4. The van der Waals surface area contributed by atoms with E-state index in [-0.39, 0.29) is 16.1 Å². The van der Waals surface area contributed by atoms with Crippen LogP contribution in [0.4, 0.5) is 18.9 Å². The van der Waals surface area contributed by atoms with Crippen molar-refractivity contribution in [3.63, 3.8) is 0 Å². The Bertz CT molecular complexity index is 581. The van der Waals surface area contributed by atoms with E-state index in [1.165, 1.54) is 0 Å². The number of carbonyl (C=O) groups is 2. The van der Waals surface area contributed by atoms with Crippen LogP contribution in [-0.4, -0.2) is 17.3 Å². The lowest BCUT2D eigenvalue weighted by molar-refractivity contribution is -0.115. The zero-order valence-electron chi connectivity index (χ0n) is 9.82. The van der Waals surface area contributed by atoms with Crippen LogP contribution in [0.1, 0.15) is 16.8 Å². The SMILES string of the molecule is N#CCC(=O)Nc1cc(SC(F)(F)F)cc(C(N)=O)c1. The van der Waals surface area contributed by atoms with E-state index < -0.39 is 35.5 Å². The lowest BCUT2D eigenvalue weighted by atomic mass is 10.2. The number of primary amides is 1. The fraction of sp³-hybridized carbons (Fsp3) is 0.182. The number of nitrogens with two attached hydrogens (primary N) is 1. The molecule has 9 heteroatoms. The molecule has 0 saturated heterocycles. The number of nitrogens with zero attached hydrogens (tertiary/aromatic N) is 1. The minimum atomic E-state index is -4.54. The van der Waals surface area contributed by atoms with Crippen molar-refractivity contribution in [2.75, 3.05) is 5.32 Å². The van der Waals surface area contributed by atoms with Gasteiger partial charge in [0.15, 0.2) is 0 Å². The Morgan fingerprint density at radius 1 is 1.35 bits per heavy atom. The molecular weight excluding hydrogens is 295 g/mol. The van der Waals surface area contributed by atoms with Crippen LogP contribution in [-0.2, 0) is 4.79 Å². The molecule has 0 aromatic heterocycles. The van der Waals surface area contributed by atoms with Crippen LogP contribution in [0.5, 0.6) is 0 Å². The second kappa shape index (κ2) is 6.29. The number of alkyl halides is 3. The van der Waals surface area contributed by atoms with E-state index in [1.807, 2.05) is 0 Å². The van der Waals surface area contributed by atoms with Gasteiger partial charge in [0, 0.05) is 16.1 Å². The quantitative estimate of drug-likeness (QED) is 0.834. The zero-order valence-corrected chi connectivity index (χ0v) is 10.6. The minimum absolute atomic E-state index is 0.0340. The van der Waals surface area contributed by atoms with Crippen LogP contribution in [0.3, 0.4) is 0 Å². The van der Waals surface area contributed by atoms with Crippen LogP contribution in [0, 0.1) is 11.3 Å². The lowest BCUT2D eigenvalue weighted by Crippen LogP contribution is -2.14. The van der Waals surface area contributed by atoms with Crippen molar-refractivity contribution >= 4 is 29.3 Å². The fourth-order valence-corrected chi connectivity index (χ4v) is 1.92. The highest BCUT2D eigenvalue weighted by atomic mass is 32.2. The van der Waals surface area contributed by atoms with E-state index in [4.69, 9.17) is 11.0 Å². The Balaban J connectivity index is 3.08. The van der Waals surface area contributed by atoms with E-state index in [9.17, 15) is 22.8 Å². The minimum Gasteiger partial charge on any atom is -0.366 e. The van der Waals surface area contributed by atoms with E-state index in [2.05, 4.69) is 5.32 Å². The van der Waals surface area contributed by atoms with Crippen molar-refractivity contribution in [3.8, 4) is 6.07 Å². The van der Waals surface area contributed by atoms with Gasteiger partial charge in [0.1, 0.15) is 6.42 Å². The summed E-state index contributed by atoms with van der Waals surface area (Å²) in [5.74, 6) is -1.62. The third-order valence-corrected chi connectivity index (χ3v) is 2.65. The van der Waals surface area contributed by atoms with E-state index in [1.54, 1.807) is 6.07 Å². The molecule has 0 heterocycles. The van der Waals surface area contributed by atoms with Crippen molar-refractivity contribution in [2.24, 2.45) is 5.73 Å². The van der Waals surface area contributed by atoms with Gasteiger partial charge in [-0.1, -0.05) is 0 Å². The maximum Gasteiger partial charge on any atom is 0.446 e. The normalized spacial score (nSPS) is 10.7. The van der Waals surface area contributed by atoms with Gasteiger partial charge in [0.25, 0.3) is 0 Å². The van der Waals surface area contributed by atoms with Gasteiger partial charge in [-0.25, -0.2) is 0 Å². The monoisotopic (exact) mass is 303 g/mol. The number of carbonyl (C=O) groups excluding carboxylic acids is 2. The highest BCUT2D eigenvalue weighted by molar-refractivity contribution is 8.00. The standard InChI is InChI=1S/C11H8F3N3O2S/c12-11(13,14)20-8-4-6(10(16)19)3-7(5-8)17-9(18)1-2-15/h3-5H,1H2,(H2,16,19)(H,17,18). The summed E-state index contributed by atoms with van der Waals surface area (Å²) in [5, 5.41) is 10.5. The predicted molar refractivity (Wildman–Crippen MR) is 65.7 cm³/mol. The summed E-state index contributed by atoms with van der Waals surface area (Å²) in [6.45, 7) is 0. The van der Waals surface area contributed by atoms with Crippen molar-refractivity contribution in [2.45, 2.75) is 16.8 Å². The Kier molecular flexibility index (Phi) is 4.99. The first-order chi connectivity index (χ1) is 9.21. The molecule has 0 aliphatic rings. The first kappa shape index (κ1) is 15.8. The van der Waals surface area contributed by atoms with E-state index in [0.29, 0.717) is 0 Å². The Morgan fingerprint density at radius 2 is 2.00 bits per heavy atom. The number of halogens is 3. The smallest absolute Gasteiger partial charge is 0.366 e. The van der Waals surface area contributed by atoms with E-state index in [0.717, 1.165) is 18.2 Å². The van der Waals surface area contributed by atoms with Crippen LogP contribution >= 0.6 is 11.8 Å². The van der Waals surface area contributed by atoms with Gasteiger partial charge >= 0.3 is 5.51 Å². The molecule has 106 valence electrons. The second-order valence-corrected chi connectivity index (χ2v) is 4.68. The van der Waals surface area contributed by atoms with Crippen molar-refractivity contribution in [1.29, 1.82) is 5.26 Å². The van der Waals surface area contributed by atoms with Gasteiger partial charge in [-0.2, -0.15) is 18.4 Å². The molecule has 0 spiro atoms. The average Bonchev–Trinajstić information content (AvgIpc) is 2.26. The summed E-state index contributed by atoms with van der Waals surface area (Å²) < 4.78 is 36.9. The largest absolute Gasteiger partial charge is 0.446 e. The first-order valence-electron chi connectivity index (χ1n) is 5.08. The summed E-state index contributed by atoms with van der Waals surface area (Å²) in [7, 11) is 0. The van der Waals surface area contributed by atoms with Crippen molar-refractivity contribution < 1.29 is 22.8 Å². The zero-order chi connectivity index (χ0) is 15.3. The molecular formula is C11H8F3N3O2S. The highest BCUT2D eigenvalue weighted by Gasteiger charge is 2.29. The topological polar surface area (TPSA) is 96.0 Å². The first-order valence-corrected chi connectivity index (χ1v) is 5.90. The molecule has 0 bridgehead atoms. The molecule has 1 aromatic rings. The molecule has 0 aliphatic carbocycles. The van der Waals surface area contributed by atoms with Crippen molar-refractivity contribution in [1.82, 2.24) is 0 Å². The molecule has 1 rings (SSSR count). The number of amides is 2. The third-order valence-electron chi connectivity index (χ3n) is 1.95. The fourth-order valence-electron chi connectivity index (χ4n) is 1.28. The maximum absolute atomic E-state index is 12.3. The Labute approximate surface area is 115 Å². The Morgan fingerprint density at radius 3 is 2.50 bits per heavy atom.